The fourth-order valence-corrected chi connectivity index (χ4v) is 1.48. The summed E-state index contributed by atoms with van der Waals surface area (Å²) in [5.74, 6) is -1.04. The highest BCUT2D eigenvalue weighted by atomic mass is 16.5. The highest BCUT2D eigenvalue weighted by Crippen LogP contribution is 2.05. The number of rotatable bonds is 8. The van der Waals surface area contributed by atoms with Crippen molar-refractivity contribution in [2.75, 3.05) is 33.4 Å². The third kappa shape index (κ3) is 5.67. The average molecular weight is 258 g/mol. The number of carboxylic acid groups (broad SMARTS) is 1. The number of carboxylic acids is 1. The van der Waals surface area contributed by atoms with Crippen molar-refractivity contribution in [1.82, 2.24) is 9.80 Å². The number of hydrogen-bond acceptors (Lipinski definition) is 3. The van der Waals surface area contributed by atoms with Crippen LogP contribution < -0.4 is 0 Å². The molecule has 0 spiro atoms. The summed E-state index contributed by atoms with van der Waals surface area (Å²) < 4.78 is 4.94. The number of methoxy groups -OCH3 is 1. The summed E-state index contributed by atoms with van der Waals surface area (Å²) in [5.41, 5.74) is 0. The van der Waals surface area contributed by atoms with Crippen LogP contribution in [0.3, 0.4) is 0 Å². The van der Waals surface area contributed by atoms with Crippen molar-refractivity contribution in [3.8, 4) is 0 Å². The Bertz CT molecular complexity index is 292. The van der Waals surface area contributed by atoms with Gasteiger partial charge in [-0.05, 0) is 13.8 Å². The Labute approximate surface area is 108 Å². The number of nitrogens with zero attached hydrogens (tertiary/aromatic N) is 2. The smallest absolute Gasteiger partial charge is 0.323 e. The van der Waals surface area contributed by atoms with Gasteiger partial charge in [-0.25, -0.2) is 4.79 Å². The molecule has 0 unspecified atom stereocenters. The molecule has 0 aromatic heterocycles. The van der Waals surface area contributed by atoms with E-state index in [1.807, 2.05) is 13.8 Å². The Morgan fingerprint density at radius 2 is 2.06 bits per heavy atom. The third-order valence-corrected chi connectivity index (χ3v) is 2.35. The molecular weight excluding hydrogens is 236 g/mol. The molecule has 0 aliphatic carbocycles. The number of urea groups is 1. The van der Waals surface area contributed by atoms with Gasteiger partial charge in [-0.15, -0.1) is 6.58 Å². The van der Waals surface area contributed by atoms with Crippen molar-refractivity contribution in [3.05, 3.63) is 12.7 Å². The molecule has 0 bridgehead atoms. The second-order valence-electron chi connectivity index (χ2n) is 4.13. The molecule has 6 nitrogen and oxygen atoms in total. The zero-order valence-corrected chi connectivity index (χ0v) is 11.3. The molecule has 0 atom stereocenters. The first-order valence-electron chi connectivity index (χ1n) is 5.81. The highest BCUT2D eigenvalue weighted by Gasteiger charge is 2.23. The van der Waals surface area contributed by atoms with E-state index in [1.54, 1.807) is 12.0 Å². The fraction of sp³-hybridized carbons (Fsp3) is 0.667. The van der Waals surface area contributed by atoms with E-state index in [0.717, 1.165) is 0 Å². The summed E-state index contributed by atoms with van der Waals surface area (Å²) in [7, 11) is 1.56. The van der Waals surface area contributed by atoms with Crippen LogP contribution in [-0.2, 0) is 9.53 Å². The van der Waals surface area contributed by atoms with E-state index in [0.29, 0.717) is 13.2 Å². The molecule has 0 heterocycles. The van der Waals surface area contributed by atoms with E-state index in [4.69, 9.17) is 9.84 Å². The van der Waals surface area contributed by atoms with E-state index >= 15 is 0 Å². The maximum absolute atomic E-state index is 12.2. The lowest BCUT2D eigenvalue weighted by Crippen LogP contribution is -2.49. The van der Waals surface area contributed by atoms with Gasteiger partial charge in [0.2, 0.25) is 0 Å². The van der Waals surface area contributed by atoms with Crippen LogP contribution in [0.15, 0.2) is 12.7 Å². The van der Waals surface area contributed by atoms with Crippen molar-refractivity contribution >= 4 is 12.0 Å². The summed E-state index contributed by atoms with van der Waals surface area (Å²) >= 11 is 0. The SMILES string of the molecule is C=CCN(CC(=O)O)C(=O)N(CCOC)C(C)C. The van der Waals surface area contributed by atoms with Gasteiger partial charge in [0.05, 0.1) is 6.61 Å². The predicted molar refractivity (Wildman–Crippen MR) is 68.5 cm³/mol. The Hall–Kier alpha value is -1.56. The lowest BCUT2D eigenvalue weighted by atomic mass is 10.3. The Balaban J connectivity index is 4.75. The van der Waals surface area contributed by atoms with Crippen LogP contribution in [0.2, 0.25) is 0 Å². The quantitative estimate of drug-likeness (QED) is 0.660. The second-order valence-corrected chi connectivity index (χ2v) is 4.13. The molecule has 0 aromatic carbocycles. The maximum Gasteiger partial charge on any atom is 0.323 e. The van der Waals surface area contributed by atoms with Crippen LogP contribution in [0.25, 0.3) is 0 Å². The van der Waals surface area contributed by atoms with Gasteiger partial charge in [-0.2, -0.15) is 0 Å². The van der Waals surface area contributed by atoms with Gasteiger partial charge < -0.3 is 19.6 Å². The number of carbonyl (C=O) groups is 2. The number of amides is 2. The molecule has 0 aromatic rings. The molecule has 18 heavy (non-hydrogen) atoms. The Kier molecular flexibility index (Phi) is 7.78. The normalized spacial score (nSPS) is 10.2. The molecule has 1 N–H and O–H groups in total. The molecule has 104 valence electrons. The summed E-state index contributed by atoms with van der Waals surface area (Å²) in [4.78, 5) is 25.7. The molecule has 0 aliphatic heterocycles. The number of carbonyl (C=O) groups excluding carboxylic acids is 1. The van der Waals surface area contributed by atoms with Gasteiger partial charge in [0.1, 0.15) is 6.54 Å². The topological polar surface area (TPSA) is 70.1 Å². The van der Waals surface area contributed by atoms with Crippen LogP contribution in [0.5, 0.6) is 0 Å². The molecular formula is C12H22N2O4. The number of aliphatic carboxylic acids is 1. The maximum atomic E-state index is 12.2. The van der Waals surface area contributed by atoms with Gasteiger partial charge in [0.25, 0.3) is 0 Å². The molecule has 0 radical (unpaired) electrons. The first-order valence-corrected chi connectivity index (χ1v) is 5.81. The van der Waals surface area contributed by atoms with Gasteiger partial charge in [-0.3, -0.25) is 4.79 Å². The van der Waals surface area contributed by atoms with Gasteiger partial charge >= 0.3 is 12.0 Å². The zero-order chi connectivity index (χ0) is 14.1. The van der Waals surface area contributed by atoms with Crippen LogP contribution in [0, 0.1) is 0 Å². The second kappa shape index (κ2) is 8.52. The zero-order valence-electron chi connectivity index (χ0n) is 11.3. The van der Waals surface area contributed by atoms with Crippen molar-refractivity contribution < 1.29 is 19.4 Å². The number of hydrogen-bond donors (Lipinski definition) is 1. The van der Waals surface area contributed by atoms with E-state index in [-0.39, 0.29) is 25.2 Å². The van der Waals surface area contributed by atoms with Gasteiger partial charge in [0, 0.05) is 26.2 Å². The van der Waals surface area contributed by atoms with Gasteiger partial charge in [0.15, 0.2) is 0 Å². The standard InChI is InChI=1S/C12H22N2O4/c1-5-6-13(9-11(15)16)12(17)14(10(2)3)7-8-18-4/h5,10H,1,6-9H2,2-4H3,(H,15,16). The van der Waals surface area contributed by atoms with E-state index < -0.39 is 5.97 Å². The van der Waals surface area contributed by atoms with E-state index in [1.165, 1.54) is 11.0 Å². The molecule has 0 fully saturated rings. The largest absolute Gasteiger partial charge is 0.480 e. The van der Waals surface area contributed by atoms with Crippen LogP contribution in [0.4, 0.5) is 4.79 Å². The first-order chi connectivity index (χ1) is 8.43. The predicted octanol–water partition coefficient (Wildman–Crippen LogP) is 1.04. The number of ether oxygens (including phenoxy) is 1. The first kappa shape index (κ1) is 16.4. The van der Waals surface area contributed by atoms with Crippen molar-refractivity contribution in [2.24, 2.45) is 0 Å². The molecule has 0 saturated carbocycles. The molecule has 2 amide bonds. The Morgan fingerprint density at radius 1 is 1.44 bits per heavy atom. The fourth-order valence-electron chi connectivity index (χ4n) is 1.48. The van der Waals surface area contributed by atoms with Crippen LogP contribution in [-0.4, -0.2) is 66.3 Å². The minimum atomic E-state index is -1.04. The van der Waals surface area contributed by atoms with Gasteiger partial charge in [-0.1, -0.05) is 6.08 Å². The molecule has 0 rings (SSSR count). The molecule has 0 saturated heterocycles. The third-order valence-electron chi connectivity index (χ3n) is 2.35. The minimum absolute atomic E-state index is 0.0197. The Morgan fingerprint density at radius 3 is 2.44 bits per heavy atom. The highest BCUT2D eigenvalue weighted by molar-refractivity contribution is 5.80. The summed E-state index contributed by atoms with van der Waals surface area (Å²) in [6, 6.07) is -0.335. The van der Waals surface area contributed by atoms with E-state index in [2.05, 4.69) is 6.58 Å². The minimum Gasteiger partial charge on any atom is -0.480 e. The van der Waals surface area contributed by atoms with E-state index in [9.17, 15) is 9.59 Å². The molecule has 6 heteroatoms. The summed E-state index contributed by atoms with van der Waals surface area (Å²) in [6.07, 6.45) is 1.51. The van der Waals surface area contributed by atoms with Crippen LogP contribution in [0.1, 0.15) is 13.8 Å². The lowest BCUT2D eigenvalue weighted by Gasteiger charge is -2.31. The van der Waals surface area contributed by atoms with Crippen molar-refractivity contribution in [2.45, 2.75) is 19.9 Å². The average Bonchev–Trinajstić information content (AvgIpc) is 2.27. The van der Waals surface area contributed by atoms with Crippen molar-refractivity contribution in [1.29, 1.82) is 0 Å². The summed E-state index contributed by atoms with van der Waals surface area (Å²) in [6.45, 7) is 8.00. The van der Waals surface area contributed by atoms with Crippen molar-refractivity contribution in [3.63, 3.8) is 0 Å². The monoisotopic (exact) mass is 258 g/mol. The van der Waals surface area contributed by atoms with Crippen LogP contribution >= 0.6 is 0 Å². The summed E-state index contributed by atoms with van der Waals surface area (Å²) in [5, 5.41) is 8.78. The lowest BCUT2D eigenvalue weighted by molar-refractivity contribution is -0.137. The molecule has 0 aliphatic rings.